The van der Waals surface area contributed by atoms with Gasteiger partial charge in [-0.1, -0.05) is 30.7 Å². The fraction of sp³-hybridized carbons (Fsp3) is 0.476. The van der Waals surface area contributed by atoms with Gasteiger partial charge in [-0.25, -0.2) is 9.97 Å². The number of hydrogen-bond donors (Lipinski definition) is 1. The Morgan fingerprint density at radius 1 is 1.30 bits per heavy atom. The van der Waals surface area contributed by atoms with Crippen molar-refractivity contribution in [2.45, 2.75) is 52.0 Å². The van der Waals surface area contributed by atoms with Gasteiger partial charge in [-0.15, -0.1) is 0 Å². The second-order valence-corrected chi connectivity index (χ2v) is 7.52. The first-order chi connectivity index (χ1) is 13.1. The molecule has 1 atom stereocenters. The predicted molar refractivity (Wildman–Crippen MR) is 109 cm³/mol. The molecule has 144 valence electrons. The van der Waals surface area contributed by atoms with E-state index in [1.54, 1.807) is 6.07 Å². The molecule has 1 aromatic carbocycles. The van der Waals surface area contributed by atoms with Crippen molar-refractivity contribution in [3.8, 4) is 0 Å². The van der Waals surface area contributed by atoms with E-state index in [0.29, 0.717) is 24.2 Å². The molecule has 1 aromatic heterocycles. The van der Waals surface area contributed by atoms with Gasteiger partial charge in [0.2, 0.25) is 5.95 Å². The van der Waals surface area contributed by atoms with Crippen molar-refractivity contribution < 1.29 is 4.79 Å². The van der Waals surface area contributed by atoms with Crippen molar-refractivity contribution in [3.63, 3.8) is 0 Å². The Balaban J connectivity index is 1.67. The van der Waals surface area contributed by atoms with Crippen LogP contribution < -0.4 is 5.32 Å². The summed E-state index contributed by atoms with van der Waals surface area (Å²) in [6.07, 6.45) is 5.14. The summed E-state index contributed by atoms with van der Waals surface area (Å²) in [7, 11) is 0. The molecule has 3 rings (SSSR count). The molecule has 1 aliphatic rings. The maximum absolute atomic E-state index is 13.0. The zero-order chi connectivity index (χ0) is 19.2. The third kappa shape index (κ3) is 5.19. The standard InChI is InChI=1S/C21H27ClN4O/c1-3-18-9-4-5-12-26(18)20(27)19-13-15(2)24-21(25-19)23-11-10-16-7-6-8-17(22)14-16/h6-8,13-14,18H,3-5,9-12H2,1-2H3,(H,23,24,25). The summed E-state index contributed by atoms with van der Waals surface area (Å²) in [5, 5.41) is 3.98. The van der Waals surface area contributed by atoms with Gasteiger partial charge in [-0.2, -0.15) is 0 Å². The van der Waals surface area contributed by atoms with E-state index in [4.69, 9.17) is 11.6 Å². The van der Waals surface area contributed by atoms with E-state index in [0.717, 1.165) is 48.5 Å². The largest absolute Gasteiger partial charge is 0.354 e. The number of amides is 1. The van der Waals surface area contributed by atoms with E-state index >= 15 is 0 Å². The molecule has 0 radical (unpaired) electrons. The van der Waals surface area contributed by atoms with Crippen molar-refractivity contribution in [2.24, 2.45) is 0 Å². The lowest BCUT2D eigenvalue weighted by Gasteiger charge is -2.35. The number of anilines is 1. The molecule has 1 N–H and O–H groups in total. The second-order valence-electron chi connectivity index (χ2n) is 7.08. The van der Waals surface area contributed by atoms with Crippen molar-refractivity contribution in [3.05, 3.63) is 52.3 Å². The highest BCUT2D eigenvalue weighted by molar-refractivity contribution is 6.30. The van der Waals surface area contributed by atoms with Crippen LogP contribution in [0.5, 0.6) is 0 Å². The molecular formula is C21H27ClN4O. The van der Waals surface area contributed by atoms with E-state index in [1.807, 2.05) is 36.1 Å². The summed E-state index contributed by atoms with van der Waals surface area (Å²) in [5.74, 6) is 0.523. The van der Waals surface area contributed by atoms with Crippen LogP contribution in [0.4, 0.5) is 5.95 Å². The van der Waals surface area contributed by atoms with Crippen molar-refractivity contribution in [1.29, 1.82) is 0 Å². The van der Waals surface area contributed by atoms with Crippen LogP contribution in [0.25, 0.3) is 0 Å². The summed E-state index contributed by atoms with van der Waals surface area (Å²) in [5.41, 5.74) is 2.43. The number of carbonyl (C=O) groups is 1. The highest BCUT2D eigenvalue weighted by Crippen LogP contribution is 2.22. The Kier molecular flexibility index (Phi) is 6.67. The monoisotopic (exact) mass is 386 g/mol. The van der Waals surface area contributed by atoms with Crippen molar-refractivity contribution in [1.82, 2.24) is 14.9 Å². The van der Waals surface area contributed by atoms with E-state index in [9.17, 15) is 4.79 Å². The van der Waals surface area contributed by atoms with Crippen LogP contribution >= 0.6 is 11.6 Å². The van der Waals surface area contributed by atoms with Gasteiger partial charge in [0.05, 0.1) is 0 Å². The summed E-state index contributed by atoms with van der Waals surface area (Å²) >= 11 is 6.03. The summed E-state index contributed by atoms with van der Waals surface area (Å²) in [4.78, 5) is 23.9. The van der Waals surface area contributed by atoms with Crippen LogP contribution in [0.1, 0.15) is 54.4 Å². The van der Waals surface area contributed by atoms with Crippen LogP contribution in [-0.2, 0) is 6.42 Å². The quantitative estimate of drug-likeness (QED) is 0.794. The molecule has 1 unspecified atom stereocenters. The number of likely N-dealkylation sites (tertiary alicyclic amines) is 1. The maximum Gasteiger partial charge on any atom is 0.272 e. The van der Waals surface area contributed by atoms with Crippen LogP contribution in [0.3, 0.4) is 0 Å². The molecule has 1 saturated heterocycles. The number of aromatic nitrogens is 2. The molecule has 0 spiro atoms. The minimum Gasteiger partial charge on any atom is -0.354 e. The highest BCUT2D eigenvalue weighted by atomic mass is 35.5. The number of rotatable bonds is 6. The Bertz CT molecular complexity index is 796. The van der Waals surface area contributed by atoms with Gasteiger partial charge in [0.15, 0.2) is 0 Å². The van der Waals surface area contributed by atoms with Crippen molar-refractivity contribution in [2.75, 3.05) is 18.4 Å². The first-order valence-corrected chi connectivity index (χ1v) is 10.1. The number of nitrogens with zero attached hydrogens (tertiary/aromatic N) is 3. The number of benzene rings is 1. The molecule has 2 aromatic rings. The Morgan fingerprint density at radius 2 is 2.15 bits per heavy atom. The fourth-order valence-corrected chi connectivity index (χ4v) is 3.82. The first kappa shape index (κ1) is 19.6. The Morgan fingerprint density at radius 3 is 2.93 bits per heavy atom. The van der Waals surface area contributed by atoms with E-state index in [2.05, 4.69) is 22.2 Å². The minimum absolute atomic E-state index is 0.0185. The van der Waals surface area contributed by atoms with Crippen LogP contribution in [-0.4, -0.2) is 39.9 Å². The average Bonchev–Trinajstić information content (AvgIpc) is 2.67. The molecule has 0 bridgehead atoms. The topological polar surface area (TPSA) is 58.1 Å². The first-order valence-electron chi connectivity index (χ1n) is 9.71. The third-order valence-electron chi connectivity index (χ3n) is 5.02. The molecule has 0 aliphatic carbocycles. The zero-order valence-electron chi connectivity index (χ0n) is 16.0. The van der Waals surface area contributed by atoms with Crippen LogP contribution in [0, 0.1) is 6.92 Å². The number of piperidine rings is 1. The molecule has 0 saturated carbocycles. The molecule has 5 nitrogen and oxygen atoms in total. The zero-order valence-corrected chi connectivity index (χ0v) is 16.8. The SMILES string of the molecule is CCC1CCCCN1C(=O)c1cc(C)nc(NCCc2cccc(Cl)c2)n1. The Hall–Kier alpha value is -2.14. The van der Waals surface area contributed by atoms with Gasteiger partial charge in [0, 0.05) is 29.8 Å². The lowest BCUT2D eigenvalue weighted by Crippen LogP contribution is -2.43. The summed E-state index contributed by atoms with van der Waals surface area (Å²) < 4.78 is 0. The van der Waals surface area contributed by atoms with Gasteiger partial charge < -0.3 is 10.2 Å². The number of aryl methyl sites for hydroxylation is 1. The third-order valence-corrected chi connectivity index (χ3v) is 5.25. The number of carbonyl (C=O) groups excluding carboxylic acids is 1. The second kappa shape index (κ2) is 9.18. The van der Waals surface area contributed by atoms with Gasteiger partial charge >= 0.3 is 0 Å². The lowest BCUT2D eigenvalue weighted by molar-refractivity contribution is 0.0601. The maximum atomic E-state index is 13.0. The molecule has 27 heavy (non-hydrogen) atoms. The number of halogens is 1. The predicted octanol–water partition coefficient (Wildman–Crippen LogP) is 4.50. The molecule has 1 aliphatic heterocycles. The summed E-state index contributed by atoms with van der Waals surface area (Å²) in [6.45, 7) is 5.54. The smallest absolute Gasteiger partial charge is 0.272 e. The number of nitrogens with one attached hydrogen (secondary N) is 1. The fourth-order valence-electron chi connectivity index (χ4n) is 3.61. The lowest BCUT2D eigenvalue weighted by atomic mass is 9.99. The van der Waals surface area contributed by atoms with Crippen LogP contribution in [0.15, 0.2) is 30.3 Å². The Labute approximate surface area is 166 Å². The van der Waals surface area contributed by atoms with E-state index in [1.165, 1.54) is 6.42 Å². The highest BCUT2D eigenvalue weighted by Gasteiger charge is 2.27. The molecule has 1 fully saturated rings. The molecular weight excluding hydrogens is 360 g/mol. The van der Waals surface area contributed by atoms with Gasteiger partial charge in [0.25, 0.3) is 5.91 Å². The molecule has 1 amide bonds. The van der Waals surface area contributed by atoms with Crippen LogP contribution in [0.2, 0.25) is 5.02 Å². The van der Waals surface area contributed by atoms with Gasteiger partial charge in [-0.05, 0) is 62.8 Å². The van der Waals surface area contributed by atoms with E-state index < -0.39 is 0 Å². The van der Waals surface area contributed by atoms with Gasteiger partial charge in [-0.3, -0.25) is 4.79 Å². The number of hydrogen-bond acceptors (Lipinski definition) is 4. The van der Waals surface area contributed by atoms with Crippen molar-refractivity contribution >= 4 is 23.5 Å². The molecule has 2 heterocycles. The summed E-state index contributed by atoms with van der Waals surface area (Å²) in [6, 6.07) is 9.91. The van der Waals surface area contributed by atoms with E-state index in [-0.39, 0.29) is 5.91 Å². The average molecular weight is 387 g/mol. The molecule has 6 heteroatoms. The minimum atomic E-state index is 0.0185. The van der Waals surface area contributed by atoms with Gasteiger partial charge in [0.1, 0.15) is 5.69 Å². The normalized spacial score (nSPS) is 17.0.